The van der Waals surface area contributed by atoms with Gasteiger partial charge in [-0.2, -0.15) is 0 Å². The molecule has 2 rings (SSSR count). The maximum absolute atomic E-state index is 12.8. The summed E-state index contributed by atoms with van der Waals surface area (Å²) in [6.07, 6.45) is 0. The predicted molar refractivity (Wildman–Crippen MR) is 47.1 cm³/mol. The molecule has 1 aromatic rings. The van der Waals surface area contributed by atoms with Gasteiger partial charge < -0.3 is 5.32 Å². The van der Waals surface area contributed by atoms with Crippen LogP contribution in [0.25, 0.3) is 0 Å². The predicted octanol–water partition coefficient (Wildman–Crippen LogP) is 0.552. The number of benzene rings is 1. The number of sulfone groups is 1. The summed E-state index contributed by atoms with van der Waals surface area (Å²) in [4.78, 5) is 10.8. The van der Waals surface area contributed by atoms with E-state index in [0.29, 0.717) is 0 Å². The molecule has 6 heteroatoms. The van der Waals surface area contributed by atoms with Crippen LogP contribution >= 0.6 is 0 Å². The van der Waals surface area contributed by atoms with Gasteiger partial charge >= 0.3 is 0 Å². The number of halogens is 1. The van der Waals surface area contributed by atoms with E-state index in [1.165, 1.54) is 6.07 Å². The SMILES string of the molecule is O=C1CS(=O)(=O)c2cc(F)ccc2N1. The number of hydrogen-bond donors (Lipinski definition) is 1. The Kier molecular flexibility index (Phi) is 1.81. The topological polar surface area (TPSA) is 63.2 Å². The van der Waals surface area contributed by atoms with Gasteiger partial charge in [-0.05, 0) is 18.2 Å². The lowest BCUT2D eigenvalue weighted by Crippen LogP contribution is -2.29. The van der Waals surface area contributed by atoms with Gasteiger partial charge in [0, 0.05) is 0 Å². The van der Waals surface area contributed by atoms with Crippen molar-refractivity contribution in [1.82, 2.24) is 0 Å². The molecule has 0 fully saturated rings. The van der Waals surface area contributed by atoms with E-state index in [9.17, 15) is 17.6 Å². The zero-order valence-corrected chi connectivity index (χ0v) is 7.77. The van der Waals surface area contributed by atoms with Crippen molar-refractivity contribution in [3.63, 3.8) is 0 Å². The molecule has 0 spiro atoms. The van der Waals surface area contributed by atoms with Crippen LogP contribution in [0.2, 0.25) is 0 Å². The Hall–Kier alpha value is -1.43. The maximum Gasteiger partial charge on any atom is 0.239 e. The molecule has 0 aliphatic carbocycles. The molecule has 1 amide bonds. The lowest BCUT2D eigenvalue weighted by Gasteiger charge is -2.16. The lowest BCUT2D eigenvalue weighted by atomic mass is 10.3. The third-order valence-corrected chi connectivity index (χ3v) is 3.52. The summed E-state index contributed by atoms with van der Waals surface area (Å²) in [5, 5.41) is 2.36. The maximum atomic E-state index is 12.8. The third kappa shape index (κ3) is 1.37. The molecule has 1 aliphatic rings. The molecule has 0 aromatic heterocycles. The first-order valence-corrected chi connectivity index (χ1v) is 5.46. The van der Waals surface area contributed by atoms with Gasteiger partial charge in [-0.1, -0.05) is 0 Å². The van der Waals surface area contributed by atoms with E-state index in [1.54, 1.807) is 0 Å². The Morgan fingerprint density at radius 3 is 2.79 bits per heavy atom. The molecule has 0 saturated heterocycles. The van der Waals surface area contributed by atoms with Gasteiger partial charge in [0.1, 0.15) is 11.6 Å². The standard InChI is InChI=1S/C8H6FNO3S/c9-5-1-2-6-7(3-5)14(12,13)4-8(11)10-6/h1-3H,4H2,(H,10,11). The fourth-order valence-electron chi connectivity index (χ4n) is 1.29. The van der Waals surface area contributed by atoms with Crippen LogP contribution in [0, 0.1) is 5.82 Å². The minimum atomic E-state index is -3.67. The normalized spacial score (nSPS) is 18.5. The van der Waals surface area contributed by atoms with Crippen LogP contribution in [0.1, 0.15) is 0 Å². The molecule has 0 unspecified atom stereocenters. The highest BCUT2D eigenvalue weighted by molar-refractivity contribution is 7.92. The number of carbonyl (C=O) groups excluding carboxylic acids is 1. The van der Waals surface area contributed by atoms with Gasteiger partial charge in [-0.25, -0.2) is 12.8 Å². The number of carbonyl (C=O) groups is 1. The molecule has 14 heavy (non-hydrogen) atoms. The van der Waals surface area contributed by atoms with E-state index in [4.69, 9.17) is 0 Å². The molecule has 0 saturated carbocycles. The van der Waals surface area contributed by atoms with Gasteiger partial charge in [0.2, 0.25) is 5.91 Å². The molecule has 1 heterocycles. The second-order valence-electron chi connectivity index (χ2n) is 2.95. The zero-order chi connectivity index (χ0) is 10.3. The molecule has 0 atom stereocenters. The molecule has 74 valence electrons. The van der Waals surface area contributed by atoms with Gasteiger partial charge in [-0.15, -0.1) is 0 Å². The van der Waals surface area contributed by atoms with Crippen molar-refractivity contribution < 1.29 is 17.6 Å². The first-order chi connectivity index (χ1) is 6.49. The van der Waals surface area contributed by atoms with E-state index in [2.05, 4.69) is 5.32 Å². The molecule has 1 N–H and O–H groups in total. The minimum Gasteiger partial charge on any atom is -0.324 e. The second kappa shape index (κ2) is 2.78. The third-order valence-electron chi connectivity index (χ3n) is 1.87. The number of rotatable bonds is 0. The first kappa shape index (κ1) is 9.14. The number of anilines is 1. The van der Waals surface area contributed by atoms with E-state index in [0.717, 1.165) is 12.1 Å². The average Bonchev–Trinajstić information content (AvgIpc) is 2.05. The second-order valence-corrected chi connectivity index (χ2v) is 4.91. The van der Waals surface area contributed by atoms with E-state index < -0.39 is 27.3 Å². The Morgan fingerprint density at radius 1 is 1.36 bits per heavy atom. The summed E-state index contributed by atoms with van der Waals surface area (Å²) in [7, 11) is -3.67. The Labute approximate surface area is 79.7 Å². The van der Waals surface area contributed by atoms with Crippen molar-refractivity contribution in [2.45, 2.75) is 4.90 Å². The number of amides is 1. The Balaban J connectivity index is 2.71. The van der Waals surface area contributed by atoms with Gasteiger partial charge in [0.05, 0.1) is 10.6 Å². The van der Waals surface area contributed by atoms with Gasteiger partial charge in [0.25, 0.3) is 0 Å². The fraction of sp³-hybridized carbons (Fsp3) is 0.125. The molecular formula is C8H6FNO3S. The van der Waals surface area contributed by atoms with Gasteiger partial charge in [0.15, 0.2) is 9.84 Å². The van der Waals surface area contributed by atoms with Crippen LogP contribution in [0.5, 0.6) is 0 Å². The van der Waals surface area contributed by atoms with Crippen molar-refractivity contribution in [3.05, 3.63) is 24.0 Å². The van der Waals surface area contributed by atoms with Crippen molar-refractivity contribution in [2.24, 2.45) is 0 Å². The van der Waals surface area contributed by atoms with Crippen LogP contribution in [0.4, 0.5) is 10.1 Å². The highest BCUT2D eigenvalue weighted by Gasteiger charge is 2.28. The summed E-state index contributed by atoms with van der Waals surface area (Å²) >= 11 is 0. The smallest absolute Gasteiger partial charge is 0.239 e. The first-order valence-electron chi connectivity index (χ1n) is 3.81. The average molecular weight is 215 g/mol. The van der Waals surface area contributed by atoms with Crippen molar-refractivity contribution >= 4 is 21.4 Å². The molecule has 1 aliphatic heterocycles. The monoisotopic (exact) mass is 215 g/mol. The summed E-state index contributed by atoms with van der Waals surface area (Å²) < 4.78 is 35.6. The molecule has 0 bridgehead atoms. The highest BCUT2D eigenvalue weighted by atomic mass is 32.2. The molecular weight excluding hydrogens is 209 g/mol. The summed E-state index contributed by atoms with van der Waals surface area (Å²) in [5.74, 6) is -1.85. The largest absolute Gasteiger partial charge is 0.324 e. The molecule has 0 radical (unpaired) electrons. The van der Waals surface area contributed by atoms with Gasteiger partial charge in [-0.3, -0.25) is 4.79 Å². The van der Waals surface area contributed by atoms with Crippen molar-refractivity contribution in [1.29, 1.82) is 0 Å². The number of fused-ring (bicyclic) bond motifs is 1. The minimum absolute atomic E-state index is 0.141. The number of nitrogens with one attached hydrogen (secondary N) is 1. The van der Waals surface area contributed by atoms with Crippen LogP contribution in [-0.4, -0.2) is 20.1 Å². The number of hydrogen-bond acceptors (Lipinski definition) is 3. The molecule has 4 nitrogen and oxygen atoms in total. The van der Waals surface area contributed by atoms with Crippen LogP contribution in [-0.2, 0) is 14.6 Å². The van der Waals surface area contributed by atoms with Crippen LogP contribution < -0.4 is 5.32 Å². The van der Waals surface area contributed by atoms with Crippen molar-refractivity contribution in [2.75, 3.05) is 11.1 Å². The van der Waals surface area contributed by atoms with E-state index in [-0.39, 0.29) is 10.6 Å². The van der Waals surface area contributed by atoms with E-state index >= 15 is 0 Å². The summed E-state index contributed by atoms with van der Waals surface area (Å²) in [6.45, 7) is 0. The zero-order valence-electron chi connectivity index (χ0n) is 6.95. The highest BCUT2D eigenvalue weighted by Crippen LogP contribution is 2.26. The summed E-state index contributed by atoms with van der Waals surface area (Å²) in [5.41, 5.74) is 0.141. The summed E-state index contributed by atoms with van der Waals surface area (Å²) in [6, 6.07) is 3.24. The fourth-order valence-corrected chi connectivity index (χ4v) is 2.61. The Bertz CT molecular complexity index is 509. The van der Waals surface area contributed by atoms with Crippen LogP contribution in [0.3, 0.4) is 0 Å². The van der Waals surface area contributed by atoms with E-state index in [1.807, 2.05) is 0 Å². The Morgan fingerprint density at radius 2 is 2.07 bits per heavy atom. The van der Waals surface area contributed by atoms with Crippen molar-refractivity contribution in [3.8, 4) is 0 Å². The quantitative estimate of drug-likeness (QED) is 0.687. The molecule has 1 aromatic carbocycles. The van der Waals surface area contributed by atoms with Crippen LogP contribution in [0.15, 0.2) is 23.1 Å². The lowest BCUT2D eigenvalue weighted by molar-refractivity contribution is -0.114.